The van der Waals surface area contributed by atoms with E-state index in [9.17, 15) is 23.1 Å². The molecule has 38 heavy (non-hydrogen) atoms. The third kappa shape index (κ3) is 5.22. The van der Waals surface area contributed by atoms with Crippen LogP contribution in [0.4, 0.5) is 18.9 Å². The molecule has 0 saturated heterocycles. The molecule has 3 aromatic heterocycles. The van der Waals surface area contributed by atoms with Crippen molar-refractivity contribution in [3.63, 3.8) is 0 Å². The molecule has 11 heteroatoms. The van der Waals surface area contributed by atoms with Gasteiger partial charge in [0, 0.05) is 17.4 Å². The molecule has 0 bridgehead atoms. The van der Waals surface area contributed by atoms with Crippen molar-refractivity contribution >= 4 is 57.4 Å². The first-order valence-corrected chi connectivity index (χ1v) is 16.2. The second-order valence-corrected chi connectivity index (χ2v) is 16.2. The van der Waals surface area contributed by atoms with Gasteiger partial charge in [0.1, 0.15) is 21.0 Å². The Labute approximate surface area is 221 Å². The summed E-state index contributed by atoms with van der Waals surface area (Å²) in [5, 5.41) is 14.8. The van der Waals surface area contributed by atoms with Crippen LogP contribution in [0.5, 0.6) is 0 Å². The Morgan fingerprint density at radius 3 is 2.47 bits per heavy atom. The minimum absolute atomic E-state index is 0.188. The summed E-state index contributed by atoms with van der Waals surface area (Å²) in [7, 11) is -1.67. The predicted molar refractivity (Wildman–Crippen MR) is 147 cm³/mol. The molecule has 0 aliphatic rings. The van der Waals surface area contributed by atoms with Crippen LogP contribution in [0.1, 0.15) is 26.6 Å². The van der Waals surface area contributed by atoms with Crippen LogP contribution in [-0.2, 0) is 19.3 Å². The van der Waals surface area contributed by atoms with Gasteiger partial charge >= 0.3 is 6.18 Å². The fourth-order valence-electron chi connectivity index (χ4n) is 4.26. The van der Waals surface area contributed by atoms with Gasteiger partial charge in [0.2, 0.25) is 0 Å². The van der Waals surface area contributed by atoms with E-state index in [2.05, 4.69) is 47.1 Å². The Morgan fingerprint density at radius 1 is 1.08 bits per heavy atom. The highest BCUT2D eigenvalue weighted by atomic mass is 32.1. The SMILES string of the molecule is C[Si](C)(C)c1ccc2cc(C(=O)Nc3cnc4sc(CO)nc4c3)n(Cc3ccc(C(F)(F)F)cc3)c2c1. The van der Waals surface area contributed by atoms with Crippen LogP contribution < -0.4 is 10.5 Å². The lowest BCUT2D eigenvalue weighted by Gasteiger charge is -2.18. The molecule has 0 spiro atoms. The smallest absolute Gasteiger partial charge is 0.389 e. The van der Waals surface area contributed by atoms with Crippen molar-refractivity contribution in [3.05, 3.63) is 82.6 Å². The number of benzene rings is 2. The summed E-state index contributed by atoms with van der Waals surface area (Å²) in [6.07, 6.45) is -2.88. The van der Waals surface area contributed by atoms with Crippen LogP contribution in [0, 0.1) is 0 Å². The van der Waals surface area contributed by atoms with E-state index in [1.54, 1.807) is 12.1 Å². The number of thiazole rings is 1. The monoisotopic (exact) mass is 554 g/mol. The van der Waals surface area contributed by atoms with Crippen molar-refractivity contribution in [3.8, 4) is 0 Å². The summed E-state index contributed by atoms with van der Waals surface area (Å²) in [5.41, 5.74) is 2.17. The molecule has 2 aromatic carbocycles. The number of anilines is 1. The molecule has 0 radical (unpaired) electrons. The van der Waals surface area contributed by atoms with E-state index in [-0.39, 0.29) is 19.1 Å². The number of fused-ring (bicyclic) bond motifs is 2. The third-order valence-electron chi connectivity index (χ3n) is 6.31. The number of carbonyl (C=O) groups is 1. The first kappa shape index (κ1) is 26.1. The lowest BCUT2D eigenvalue weighted by Crippen LogP contribution is -2.37. The number of aromatic nitrogens is 3. The third-order valence-corrected chi connectivity index (χ3v) is 9.32. The van der Waals surface area contributed by atoms with Crippen molar-refractivity contribution in [2.45, 2.75) is 39.0 Å². The van der Waals surface area contributed by atoms with E-state index in [0.717, 1.165) is 23.0 Å². The van der Waals surface area contributed by atoms with Gasteiger partial charge < -0.3 is 15.0 Å². The molecular formula is C27H25F3N4O2SSi. The number of aliphatic hydroxyl groups excluding tert-OH is 1. The number of hydrogen-bond donors (Lipinski definition) is 2. The average molecular weight is 555 g/mol. The van der Waals surface area contributed by atoms with Gasteiger partial charge in [-0.3, -0.25) is 4.79 Å². The number of amides is 1. The molecule has 0 atom stereocenters. The van der Waals surface area contributed by atoms with E-state index < -0.39 is 19.8 Å². The fourth-order valence-corrected chi connectivity index (χ4v) is 6.16. The van der Waals surface area contributed by atoms with E-state index in [0.29, 0.717) is 32.3 Å². The first-order chi connectivity index (χ1) is 17.9. The predicted octanol–water partition coefficient (Wildman–Crippen LogP) is 6.00. The summed E-state index contributed by atoms with van der Waals surface area (Å²) in [5.74, 6) is -0.374. The number of alkyl halides is 3. The second-order valence-electron chi connectivity index (χ2n) is 10.1. The zero-order valence-electron chi connectivity index (χ0n) is 20.9. The second kappa shape index (κ2) is 9.64. The zero-order chi connectivity index (χ0) is 27.2. The largest absolute Gasteiger partial charge is 0.416 e. The molecule has 6 nitrogen and oxygen atoms in total. The molecule has 1 amide bonds. The van der Waals surface area contributed by atoms with Gasteiger partial charge in [-0.15, -0.1) is 0 Å². The Hall–Kier alpha value is -3.54. The van der Waals surface area contributed by atoms with Gasteiger partial charge in [0.05, 0.1) is 32.1 Å². The van der Waals surface area contributed by atoms with Gasteiger partial charge in [-0.1, -0.05) is 60.4 Å². The first-order valence-electron chi connectivity index (χ1n) is 11.9. The number of carbonyl (C=O) groups excluding carboxylic acids is 1. The van der Waals surface area contributed by atoms with Crippen LogP contribution in [-0.4, -0.2) is 33.6 Å². The Morgan fingerprint density at radius 2 is 1.82 bits per heavy atom. The van der Waals surface area contributed by atoms with Gasteiger partial charge in [-0.25, -0.2) is 9.97 Å². The number of halogens is 3. The van der Waals surface area contributed by atoms with Crippen LogP contribution in [0.15, 0.2) is 60.8 Å². The summed E-state index contributed by atoms with van der Waals surface area (Å²) in [6.45, 7) is 6.73. The van der Waals surface area contributed by atoms with Crippen LogP contribution in [0.3, 0.4) is 0 Å². The molecule has 5 aromatic rings. The van der Waals surface area contributed by atoms with Crippen LogP contribution in [0.25, 0.3) is 21.3 Å². The number of rotatable bonds is 6. The van der Waals surface area contributed by atoms with Crippen LogP contribution >= 0.6 is 11.3 Å². The standard InChI is InChI=1S/C27H25F3N4O2SSi/c1-38(2,3)20-9-6-17-10-23(25(36)32-19-11-21-26(31-13-19)37-24(15-35)33-21)34(22(17)12-20)14-16-4-7-18(8-5-16)27(28,29)30/h4-13,35H,14-15H2,1-3H3,(H,32,36). The van der Waals surface area contributed by atoms with Gasteiger partial charge in [-0.2, -0.15) is 13.2 Å². The maximum absolute atomic E-state index is 13.5. The molecule has 0 saturated carbocycles. The minimum Gasteiger partial charge on any atom is -0.389 e. The number of aliphatic hydroxyl groups is 1. The number of nitrogens with one attached hydrogen (secondary N) is 1. The fraction of sp³-hybridized carbons (Fsp3) is 0.222. The van der Waals surface area contributed by atoms with E-state index in [1.807, 2.05) is 10.6 Å². The maximum Gasteiger partial charge on any atom is 0.416 e. The zero-order valence-corrected chi connectivity index (χ0v) is 22.7. The highest BCUT2D eigenvalue weighted by Crippen LogP contribution is 2.30. The van der Waals surface area contributed by atoms with Crippen molar-refractivity contribution < 1.29 is 23.1 Å². The molecule has 2 N–H and O–H groups in total. The van der Waals surface area contributed by atoms with Gasteiger partial charge in [0.15, 0.2) is 0 Å². The Bertz CT molecular complexity index is 1650. The van der Waals surface area contributed by atoms with E-state index >= 15 is 0 Å². The Kier molecular flexibility index (Phi) is 6.62. The quantitative estimate of drug-likeness (QED) is 0.252. The minimum atomic E-state index is -4.42. The molecule has 0 fully saturated rings. The molecule has 3 heterocycles. The van der Waals surface area contributed by atoms with Gasteiger partial charge in [0.25, 0.3) is 5.91 Å². The lowest BCUT2D eigenvalue weighted by molar-refractivity contribution is -0.137. The van der Waals surface area contributed by atoms with Gasteiger partial charge in [-0.05, 0) is 35.9 Å². The van der Waals surface area contributed by atoms with Crippen LogP contribution in [0.2, 0.25) is 19.6 Å². The summed E-state index contributed by atoms with van der Waals surface area (Å²) < 4.78 is 41.1. The van der Waals surface area contributed by atoms with Crippen molar-refractivity contribution in [2.24, 2.45) is 0 Å². The summed E-state index contributed by atoms with van der Waals surface area (Å²) >= 11 is 1.28. The summed E-state index contributed by atoms with van der Waals surface area (Å²) in [6, 6.07) is 14.6. The molecular weight excluding hydrogens is 529 g/mol. The number of pyridine rings is 1. The Balaban J connectivity index is 1.54. The van der Waals surface area contributed by atoms with Crippen molar-refractivity contribution in [1.29, 1.82) is 0 Å². The molecule has 0 aliphatic heterocycles. The highest BCUT2D eigenvalue weighted by molar-refractivity contribution is 7.18. The van der Waals surface area contributed by atoms with E-state index in [4.69, 9.17) is 0 Å². The molecule has 0 aliphatic carbocycles. The highest BCUT2D eigenvalue weighted by Gasteiger charge is 2.30. The number of nitrogens with zero attached hydrogens (tertiary/aromatic N) is 3. The topological polar surface area (TPSA) is 80.0 Å². The van der Waals surface area contributed by atoms with Crippen molar-refractivity contribution in [2.75, 3.05) is 5.32 Å². The van der Waals surface area contributed by atoms with E-state index in [1.165, 1.54) is 34.9 Å². The number of hydrogen-bond acceptors (Lipinski definition) is 5. The average Bonchev–Trinajstić information content (AvgIpc) is 3.44. The van der Waals surface area contributed by atoms with Crippen molar-refractivity contribution in [1.82, 2.24) is 14.5 Å². The molecule has 5 rings (SSSR count). The molecule has 0 unspecified atom stereocenters. The molecule has 196 valence electrons. The summed E-state index contributed by atoms with van der Waals surface area (Å²) in [4.78, 5) is 22.8. The lowest BCUT2D eigenvalue weighted by atomic mass is 10.1. The maximum atomic E-state index is 13.5. The normalized spacial score (nSPS) is 12.4.